The molecule has 0 amide bonds. The van der Waals surface area contributed by atoms with E-state index in [1.54, 1.807) is 0 Å². The van der Waals surface area contributed by atoms with Crippen LogP contribution in [0.5, 0.6) is 0 Å². The molecule has 0 spiro atoms. The number of alkyl halides is 1. The number of anilines is 1. The van der Waals surface area contributed by atoms with E-state index in [4.69, 9.17) is 17.3 Å². The number of hydrogen-bond donors (Lipinski definition) is 3. The van der Waals surface area contributed by atoms with Gasteiger partial charge in [-0.15, -0.1) is 11.6 Å². The van der Waals surface area contributed by atoms with Gasteiger partial charge in [0.05, 0.1) is 16.9 Å². The first-order valence-corrected chi connectivity index (χ1v) is 4.96. The largest absolute Gasteiger partial charge is 0.398 e. The van der Waals surface area contributed by atoms with Crippen molar-refractivity contribution in [3.63, 3.8) is 0 Å². The van der Waals surface area contributed by atoms with Crippen molar-refractivity contribution < 1.29 is 15.1 Å². The molecule has 0 radical (unpaired) electrons. The van der Waals surface area contributed by atoms with Crippen LogP contribution in [0, 0.1) is 10.1 Å². The molecule has 4 N–H and O–H groups in total. The molecule has 2 atom stereocenters. The van der Waals surface area contributed by atoms with Gasteiger partial charge in [0, 0.05) is 23.4 Å². The summed E-state index contributed by atoms with van der Waals surface area (Å²) in [6.07, 6.45) is -2.55. The minimum atomic E-state index is -1.34. The number of hydrogen-bond acceptors (Lipinski definition) is 5. The molecule has 0 fully saturated rings. The monoisotopic (exact) mass is 246 g/mol. The summed E-state index contributed by atoms with van der Waals surface area (Å²) in [7, 11) is 0. The van der Waals surface area contributed by atoms with Crippen LogP contribution >= 0.6 is 11.6 Å². The third-order valence-electron chi connectivity index (χ3n) is 2.12. The Kier molecular flexibility index (Phi) is 4.05. The first-order chi connectivity index (χ1) is 7.47. The zero-order chi connectivity index (χ0) is 12.3. The minimum absolute atomic E-state index is 0.0994. The van der Waals surface area contributed by atoms with Crippen molar-refractivity contribution in [3.8, 4) is 0 Å². The number of halogens is 1. The molecule has 7 heteroatoms. The number of nitro benzene ring substituents is 1. The van der Waals surface area contributed by atoms with Gasteiger partial charge in [0.1, 0.15) is 6.10 Å². The van der Waals surface area contributed by atoms with Crippen LogP contribution in [0.1, 0.15) is 11.7 Å². The van der Waals surface area contributed by atoms with Gasteiger partial charge >= 0.3 is 0 Å². The maximum absolute atomic E-state index is 10.5. The first kappa shape index (κ1) is 12.7. The Bertz CT molecular complexity index is 399. The second-order valence-corrected chi connectivity index (χ2v) is 3.55. The molecule has 0 saturated heterocycles. The summed E-state index contributed by atoms with van der Waals surface area (Å²) in [6, 6.07) is 3.64. The Hall–Kier alpha value is -1.37. The molecule has 0 aliphatic rings. The standard InChI is InChI=1S/C9H11ClN2O4/c10-4-8(13)9(14)6-3-5(12(15)16)1-2-7(6)11/h1-3,8-9,13-14H,4,11H2. The van der Waals surface area contributed by atoms with Crippen LogP contribution in [-0.4, -0.2) is 27.1 Å². The van der Waals surface area contributed by atoms with Crippen molar-refractivity contribution in [3.05, 3.63) is 33.9 Å². The fraction of sp³-hybridized carbons (Fsp3) is 0.333. The summed E-state index contributed by atoms with van der Waals surface area (Å²) in [6.45, 7) is 0. The Labute approximate surface area is 96.4 Å². The van der Waals surface area contributed by atoms with Crippen LogP contribution in [-0.2, 0) is 0 Å². The molecule has 6 nitrogen and oxygen atoms in total. The lowest BCUT2D eigenvalue weighted by Gasteiger charge is -2.17. The van der Waals surface area contributed by atoms with Crippen LogP contribution < -0.4 is 5.73 Å². The van der Waals surface area contributed by atoms with E-state index in [1.165, 1.54) is 12.1 Å². The molecule has 0 heterocycles. The number of nitrogens with zero attached hydrogens (tertiary/aromatic N) is 1. The number of aliphatic hydroxyl groups is 2. The van der Waals surface area contributed by atoms with E-state index in [0.29, 0.717) is 0 Å². The van der Waals surface area contributed by atoms with Gasteiger partial charge in [-0.2, -0.15) is 0 Å². The van der Waals surface area contributed by atoms with E-state index < -0.39 is 17.1 Å². The third kappa shape index (κ3) is 2.60. The number of nitro groups is 1. The second kappa shape index (κ2) is 5.11. The highest BCUT2D eigenvalue weighted by atomic mass is 35.5. The van der Waals surface area contributed by atoms with E-state index in [0.717, 1.165) is 6.07 Å². The SMILES string of the molecule is Nc1ccc([N+](=O)[O-])cc1C(O)C(O)CCl. The fourth-order valence-corrected chi connectivity index (χ4v) is 1.39. The summed E-state index contributed by atoms with van der Waals surface area (Å²) in [5.41, 5.74) is 5.61. The predicted octanol–water partition coefficient (Wildman–Crippen LogP) is 0.810. The molecule has 2 unspecified atom stereocenters. The van der Waals surface area contributed by atoms with Crippen molar-refractivity contribution in [2.75, 3.05) is 11.6 Å². The quantitative estimate of drug-likeness (QED) is 0.315. The summed E-state index contributed by atoms with van der Waals surface area (Å²) in [4.78, 5) is 9.91. The van der Waals surface area contributed by atoms with Crippen LogP contribution in [0.2, 0.25) is 0 Å². The molecule has 88 valence electrons. The highest BCUT2D eigenvalue weighted by molar-refractivity contribution is 6.18. The van der Waals surface area contributed by atoms with Gasteiger partial charge in [-0.05, 0) is 6.07 Å². The Morgan fingerprint density at radius 2 is 2.12 bits per heavy atom. The number of aliphatic hydroxyl groups excluding tert-OH is 2. The lowest BCUT2D eigenvalue weighted by Crippen LogP contribution is -2.20. The lowest BCUT2D eigenvalue weighted by atomic mass is 10.0. The molecule has 16 heavy (non-hydrogen) atoms. The van der Waals surface area contributed by atoms with Gasteiger partial charge in [0.15, 0.2) is 0 Å². The summed E-state index contributed by atoms with van der Waals surface area (Å²) in [5, 5.41) is 29.5. The fourth-order valence-electron chi connectivity index (χ4n) is 1.22. The topological polar surface area (TPSA) is 110 Å². The van der Waals surface area contributed by atoms with Crippen LogP contribution in [0.15, 0.2) is 18.2 Å². The summed E-state index contributed by atoms with van der Waals surface area (Å²) >= 11 is 5.37. The van der Waals surface area contributed by atoms with E-state index in [-0.39, 0.29) is 22.8 Å². The Morgan fingerprint density at radius 3 is 2.62 bits per heavy atom. The van der Waals surface area contributed by atoms with Gasteiger partial charge in [-0.1, -0.05) is 0 Å². The maximum atomic E-state index is 10.5. The van der Waals surface area contributed by atoms with E-state index in [2.05, 4.69) is 0 Å². The molecule has 1 aromatic carbocycles. The second-order valence-electron chi connectivity index (χ2n) is 3.24. The van der Waals surface area contributed by atoms with Crippen molar-refractivity contribution in [2.45, 2.75) is 12.2 Å². The van der Waals surface area contributed by atoms with Crippen molar-refractivity contribution in [1.29, 1.82) is 0 Å². The maximum Gasteiger partial charge on any atom is 0.269 e. The zero-order valence-electron chi connectivity index (χ0n) is 8.21. The van der Waals surface area contributed by atoms with Crippen molar-refractivity contribution in [1.82, 2.24) is 0 Å². The van der Waals surface area contributed by atoms with Crippen LogP contribution in [0.4, 0.5) is 11.4 Å². The van der Waals surface area contributed by atoms with E-state index in [1.807, 2.05) is 0 Å². The number of rotatable bonds is 4. The first-order valence-electron chi connectivity index (χ1n) is 4.43. The number of nitrogens with two attached hydrogens (primary N) is 1. The van der Waals surface area contributed by atoms with Gasteiger partial charge in [-0.3, -0.25) is 10.1 Å². The molecule has 0 aromatic heterocycles. The smallest absolute Gasteiger partial charge is 0.269 e. The number of nitrogen functional groups attached to an aromatic ring is 1. The van der Waals surface area contributed by atoms with Crippen LogP contribution in [0.25, 0.3) is 0 Å². The normalized spacial score (nSPS) is 14.4. The van der Waals surface area contributed by atoms with E-state index in [9.17, 15) is 20.3 Å². The molecular weight excluding hydrogens is 236 g/mol. The zero-order valence-corrected chi connectivity index (χ0v) is 8.96. The highest BCUT2D eigenvalue weighted by Crippen LogP contribution is 2.27. The Balaban J connectivity index is 3.11. The van der Waals surface area contributed by atoms with Gasteiger partial charge in [-0.25, -0.2) is 0 Å². The van der Waals surface area contributed by atoms with E-state index >= 15 is 0 Å². The van der Waals surface area contributed by atoms with Gasteiger partial charge in [0.25, 0.3) is 5.69 Å². The minimum Gasteiger partial charge on any atom is -0.398 e. The van der Waals surface area contributed by atoms with Crippen molar-refractivity contribution >= 4 is 23.0 Å². The highest BCUT2D eigenvalue weighted by Gasteiger charge is 2.22. The number of non-ortho nitro benzene ring substituents is 1. The lowest BCUT2D eigenvalue weighted by molar-refractivity contribution is -0.385. The van der Waals surface area contributed by atoms with Crippen molar-refractivity contribution in [2.24, 2.45) is 0 Å². The molecule has 0 aliphatic heterocycles. The summed E-state index contributed by atoms with van der Waals surface area (Å²) < 4.78 is 0. The predicted molar refractivity (Wildman–Crippen MR) is 59.2 cm³/mol. The molecular formula is C9H11ClN2O4. The molecule has 0 aliphatic carbocycles. The molecule has 0 bridgehead atoms. The molecule has 1 rings (SSSR count). The third-order valence-corrected chi connectivity index (χ3v) is 2.44. The molecule has 1 aromatic rings. The average molecular weight is 247 g/mol. The average Bonchev–Trinajstić information content (AvgIpc) is 2.27. The Morgan fingerprint density at radius 1 is 1.50 bits per heavy atom. The van der Waals surface area contributed by atoms with Gasteiger partial charge < -0.3 is 15.9 Å². The van der Waals surface area contributed by atoms with Gasteiger partial charge in [0.2, 0.25) is 0 Å². The summed E-state index contributed by atoms with van der Waals surface area (Å²) in [5.74, 6) is -0.191. The van der Waals surface area contributed by atoms with Crippen LogP contribution in [0.3, 0.4) is 0 Å². The molecule has 0 saturated carbocycles. The number of benzene rings is 1.